The van der Waals surface area contributed by atoms with Gasteiger partial charge in [0.15, 0.2) is 0 Å². The van der Waals surface area contributed by atoms with Crippen molar-refractivity contribution in [3.05, 3.63) is 66.6 Å². The van der Waals surface area contributed by atoms with Gasteiger partial charge in [0.2, 0.25) is 0 Å². The van der Waals surface area contributed by atoms with E-state index < -0.39 is 0 Å². The van der Waals surface area contributed by atoms with Crippen LogP contribution in [0.5, 0.6) is 0 Å². The molecule has 3 rings (SSSR count). The maximum Gasteiger partial charge on any atom is 0.373 e. The van der Waals surface area contributed by atoms with E-state index in [0.717, 1.165) is 5.69 Å². The molecule has 0 aliphatic heterocycles. The van der Waals surface area contributed by atoms with Crippen LogP contribution < -0.4 is 0 Å². The predicted molar refractivity (Wildman–Crippen MR) is 71.8 cm³/mol. The first-order chi connectivity index (χ1) is 10.3. The fraction of sp³-hybridized carbons (Fsp3) is 0. The number of benzene rings is 2. The molecule has 0 saturated carbocycles. The molecule has 0 unspecified atom stereocenters. The molecule has 5 nitrogen and oxygen atoms in total. The standard InChI is InChI=1S/C14H10FN3.CO2/c15-13-9-5-4-8-12(13)14-10-18(17-16-14)11-6-2-1-3-7-11;2-1-3/h1-10H;. The molecular formula is C15H10FN3O2. The van der Waals surface area contributed by atoms with Crippen LogP contribution >= 0.6 is 0 Å². The molecule has 1 heterocycles. The van der Waals surface area contributed by atoms with Crippen molar-refractivity contribution in [3.8, 4) is 16.9 Å². The second-order valence-corrected chi connectivity index (χ2v) is 3.95. The molecule has 3 aromatic rings. The van der Waals surface area contributed by atoms with Crippen molar-refractivity contribution in [2.75, 3.05) is 0 Å². The Balaban J connectivity index is 0.000000497. The highest BCUT2D eigenvalue weighted by Crippen LogP contribution is 2.20. The monoisotopic (exact) mass is 283 g/mol. The molecule has 0 radical (unpaired) electrons. The van der Waals surface area contributed by atoms with Gasteiger partial charge < -0.3 is 0 Å². The lowest BCUT2D eigenvalue weighted by Gasteiger charge is -1.98. The third-order valence-corrected chi connectivity index (χ3v) is 2.66. The SMILES string of the molecule is Fc1ccccc1-c1cn(-c2ccccc2)nn1.O=C=O. The second kappa shape index (κ2) is 6.88. The molecule has 0 bridgehead atoms. The van der Waals surface area contributed by atoms with Gasteiger partial charge in [0.05, 0.1) is 11.9 Å². The molecule has 0 saturated heterocycles. The van der Waals surface area contributed by atoms with Crippen LogP contribution in [0.2, 0.25) is 0 Å². The summed E-state index contributed by atoms with van der Waals surface area (Å²) >= 11 is 0. The van der Waals surface area contributed by atoms with Gasteiger partial charge >= 0.3 is 6.15 Å². The van der Waals surface area contributed by atoms with Crippen molar-refractivity contribution in [2.24, 2.45) is 0 Å². The van der Waals surface area contributed by atoms with Crippen molar-refractivity contribution in [1.82, 2.24) is 15.0 Å². The Labute approximate surface area is 119 Å². The summed E-state index contributed by atoms with van der Waals surface area (Å²) < 4.78 is 15.2. The minimum absolute atomic E-state index is 0.250. The molecule has 0 aliphatic rings. The molecular weight excluding hydrogens is 273 g/mol. The van der Waals surface area contributed by atoms with Gasteiger partial charge in [-0.05, 0) is 24.3 Å². The van der Waals surface area contributed by atoms with E-state index in [1.54, 1.807) is 29.1 Å². The third-order valence-electron chi connectivity index (χ3n) is 2.66. The topological polar surface area (TPSA) is 64.8 Å². The summed E-state index contributed by atoms with van der Waals surface area (Å²) in [6.45, 7) is 0. The van der Waals surface area contributed by atoms with Gasteiger partial charge in [0.1, 0.15) is 11.5 Å². The van der Waals surface area contributed by atoms with E-state index in [1.807, 2.05) is 30.3 Å². The Morgan fingerprint density at radius 2 is 1.57 bits per heavy atom. The van der Waals surface area contributed by atoms with Crippen molar-refractivity contribution >= 4 is 6.15 Å². The Kier molecular flexibility index (Phi) is 4.69. The highest BCUT2D eigenvalue weighted by molar-refractivity contribution is 5.58. The van der Waals surface area contributed by atoms with Gasteiger partial charge in [-0.25, -0.2) is 9.07 Å². The maximum absolute atomic E-state index is 13.6. The van der Waals surface area contributed by atoms with Crippen LogP contribution in [0.25, 0.3) is 16.9 Å². The average Bonchev–Trinajstić information content (AvgIpc) is 2.99. The number of hydrogen-bond acceptors (Lipinski definition) is 4. The number of carbonyl (C=O) groups excluding carboxylic acids is 2. The van der Waals surface area contributed by atoms with Gasteiger partial charge in [-0.1, -0.05) is 35.5 Å². The van der Waals surface area contributed by atoms with E-state index in [4.69, 9.17) is 9.59 Å². The number of hydrogen-bond donors (Lipinski definition) is 0. The highest BCUT2D eigenvalue weighted by atomic mass is 19.1. The predicted octanol–water partition coefficient (Wildman–Crippen LogP) is 2.49. The van der Waals surface area contributed by atoms with Gasteiger partial charge in [0, 0.05) is 5.56 Å². The van der Waals surface area contributed by atoms with Crippen molar-refractivity contribution < 1.29 is 14.0 Å². The second-order valence-electron chi connectivity index (χ2n) is 3.95. The summed E-state index contributed by atoms with van der Waals surface area (Å²) in [6.07, 6.45) is 1.97. The van der Waals surface area contributed by atoms with Gasteiger partial charge in [-0.3, -0.25) is 0 Å². The van der Waals surface area contributed by atoms with Crippen LogP contribution in [0, 0.1) is 5.82 Å². The van der Waals surface area contributed by atoms with Crippen LogP contribution in [-0.2, 0) is 9.59 Å². The number of rotatable bonds is 2. The number of nitrogens with zero attached hydrogens (tertiary/aromatic N) is 3. The van der Waals surface area contributed by atoms with Crippen molar-refractivity contribution in [3.63, 3.8) is 0 Å². The van der Waals surface area contributed by atoms with E-state index in [1.165, 1.54) is 6.07 Å². The van der Waals surface area contributed by atoms with E-state index in [0.29, 0.717) is 11.3 Å². The first-order valence-corrected chi connectivity index (χ1v) is 5.98. The summed E-state index contributed by atoms with van der Waals surface area (Å²) in [4.78, 5) is 16.2. The summed E-state index contributed by atoms with van der Waals surface area (Å²) in [5, 5.41) is 8.00. The van der Waals surface area contributed by atoms with E-state index in [9.17, 15) is 4.39 Å². The Morgan fingerprint density at radius 1 is 0.952 bits per heavy atom. The normalized spacial score (nSPS) is 9.38. The summed E-state index contributed by atoms with van der Waals surface area (Å²) in [6, 6.07) is 16.1. The zero-order chi connectivity index (χ0) is 15.1. The first kappa shape index (κ1) is 14.3. The summed E-state index contributed by atoms with van der Waals surface area (Å²) in [7, 11) is 0. The fourth-order valence-electron chi connectivity index (χ4n) is 1.76. The van der Waals surface area contributed by atoms with Crippen LogP contribution in [0.1, 0.15) is 0 Å². The minimum atomic E-state index is -0.294. The number of aromatic nitrogens is 3. The molecule has 1 aromatic heterocycles. The van der Waals surface area contributed by atoms with Crippen molar-refractivity contribution in [2.45, 2.75) is 0 Å². The largest absolute Gasteiger partial charge is 0.373 e. The van der Waals surface area contributed by atoms with E-state index in [2.05, 4.69) is 10.3 Å². The molecule has 0 aliphatic carbocycles. The molecule has 21 heavy (non-hydrogen) atoms. The maximum atomic E-state index is 13.6. The number of halogens is 1. The van der Waals surface area contributed by atoms with Crippen molar-refractivity contribution in [1.29, 1.82) is 0 Å². The smallest absolute Gasteiger partial charge is 0.220 e. The lowest BCUT2D eigenvalue weighted by Crippen LogP contribution is -1.93. The molecule has 6 heteroatoms. The van der Waals surface area contributed by atoms with E-state index in [-0.39, 0.29) is 12.0 Å². The van der Waals surface area contributed by atoms with Gasteiger partial charge in [-0.2, -0.15) is 9.59 Å². The van der Waals surface area contributed by atoms with Crippen LogP contribution in [0.3, 0.4) is 0 Å². The van der Waals surface area contributed by atoms with Gasteiger partial charge in [0.25, 0.3) is 0 Å². The highest BCUT2D eigenvalue weighted by Gasteiger charge is 2.08. The quantitative estimate of drug-likeness (QED) is 0.724. The number of para-hydroxylation sites is 1. The average molecular weight is 283 g/mol. The lowest BCUT2D eigenvalue weighted by atomic mass is 10.1. The van der Waals surface area contributed by atoms with Crippen LogP contribution in [0.4, 0.5) is 4.39 Å². The van der Waals surface area contributed by atoms with Gasteiger partial charge in [-0.15, -0.1) is 5.10 Å². The lowest BCUT2D eigenvalue weighted by molar-refractivity contribution is -0.191. The first-order valence-electron chi connectivity index (χ1n) is 5.98. The fourth-order valence-corrected chi connectivity index (χ4v) is 1.76. The van der Waals surface area contributed by atoms with Crippen LogP contribution in [-0.4, -0.2) is 21.1 Å². The minimum Gasteiger partial charge on any atom is -0.220 e. The molecule has 0 amide bonds. The Bertz CT molecular complexity index is 750. The molecule has 2 aromatic carbocycles. The molecule has 0 fully saturated rings. The zero-order valence-corrected chi connectivity index (χ0v) is 10.8. The summed E-state index contributed by atoms with van der Waals surface area (Å²) in [5.41, 5.74) is 1.88. The molecule has 104 valence electrons. The van der Waals surface area contributed by atoms with E-state index >= 15 is 0 Å². The van der Waals surface area contributed by atoms with Crippen LogP contribution in [0.15, 0.2) is 60.8 Å². The Hall–Kier alpha value is -3.11. The summed E-state index contributed by atoms with van der Waals surface area (Å²) in [5.74, 6) is -0.294. The molecule has 0 spiro atoms. The molecule has 0 atom stereocenters. The molecule has 0 N–H and O–H groups in total. The third kappa shape index (κ3) is 3.46. The zero-order valence-electron chi connectivity index (χ0n) is 10.8. The Morgan fingerprint density at radius 3 is 2.24 bits per heavy atom.